The Morgan fingerprint density at radius 2 is 1.93 bits per heavy atom. The van der Waals surface area contributed by atoms with Crippen molar-refractivity contribution >= 4 is 17.5 Å². The third-order valence-electron chi connectivity index (χ3n) is 5.04. The van der Waals surface area contributed by atoms with Crippen LogP contribution in [-0.4, -0.2) is 30.9 Å². The quantitative estimate of drug-likeness (QED) is 0.319. The molecule has 0 unspecified atom stereocenters. The SMILES string of the molecule is Cc1cc(C(=O)CSc2nnc(-c3ccc(F)cc3)n2C)c(C)n1Cc1ccco1. The van der Waals surface area contributed by atoms with Crippen LogP contribution in [0.1, 0.15) is 27.5 Å². The minimum Gasteiger partial charge on any atom is -0.467 e. The van der Waals surface area contributed by atoms with Crippen molar-refractivity contribution in [2.45, 2.75) is 25.5 Å². The molecule has 1 aromatic carbocycles. The van der Waals surface area contributed by atoms with Crippen LogP contribution in [0.2, 0.25) is 0 Å². The topological polar surface area (TPSA) is 65.8 Å². The molecule has 0 N–H and O–H groups in total. The van der Waals surface area contributed by atoms with Crippen molar-refractivity contribution in [3.63, 3.8) is 0 Å². The Kier molecular flexibility index (Phi) is 5.59. The summed E-state index contributed by atoms with van der Waals surface area (Å²) in [5, 5.41) is 9.01. The summed E-state index contributed by atoms with van der Waals surface area (Å²) in [6.45, 7) is 4.52. The molecule has 0 amide bonds. The monoisotopic (exact) mass is 424 g/mol. The van der Waals surface area contributed by atoms with E-state index in [0.29, 0.717) is 23.1 Å². The van der Waals surface area contributed by atoms with E-state index < -0.39 is 0 Å². The number of hydrogen-bond donors (Lipinski definition) is 0. The summed E-state index contributed by atoms with van der Waals surface area (Å²) in [5.74, 6) is 1.45. The van der Waals surface area contributed by atoms with Gasteiger partial charge < -0.3 is 13.6 Å². The normalized spacial score (nSPS) is 11.2. The summed E-state index contributed by atoms with van der Waals surface area (Å²) in [6, 6.07) is 11.8. The van der Waals surface area contributed by atoms with Crippen molar-refractivity contribution in [3.8, 4) is 11.4 Å². The molecule has 3 heterocycles. The first kappa shape index (κ1) is 20.2. The molecule has 30 heavy (non-hydrogen) atoms. The molecule has 4 aromatic rings. The van der Waals surface area contributed by atoms with Crippen molar-refractivity contribution in [3.05, 3.63) is 77.3 Å². The summed E-state index contributed by atoms with van der Waals surface area (Å²) >= 11 is 1.34. The fourth-order valence-electron chi connectivity index (χ4n) is 3.38. The number of nitrogens with zero attached hydrogens (tertiary/aromatic N) is 4. The highest BCUT2D eigenvalue weighted by Crippen LogP contribution is 2.25. The van der Waals surface area contributed by atoms with E-state index in [-0.39, 0.29) is 17.4 Å². The number of benzene rings is 1. The number of aromatic nitrogens is 4. The largest absolute Gasteiger partial charge is 0.467 e. The maximum Gasteiger partial charge on any atom is 0.191 e. The highest BCUT2D eigenvalue weighted by atomic mass is 32.2. The maximum absolute atomic E-state index is 13.2. The molecule has 0 spiro atoms. The minimum absolute atomic E-state index is 0.0325. The van der Waals surface area contributed by atoms with Gasteiger partial charge in [-0.3, -0.25) is 4.79 Å². The molecule has 0 bridgehead atoms. The number of carbonyl (C=O) groups excluding carboxylic acids is 1. The van der Waals surface area contributed by atoms with Gasteiger partial charge in [0.05, 0.1) is 18.6 Å². The molecule has 154 valence electrons. The molecule has 0 saturated heterocycles. The lowest BCUT2D eigenvalue weighted by molar-refractivity contribution is 0.102. The molecule has 3 aromatic heterocycles. The van der Waals surface area contributed by atoms with E-state index in [2.05, 4.69) is 14.8 Å². The van der Waals surface area contributed by atoms with Crippen LogP contribution in [0.15, 0.2) is 58.3 Å². The molecule has 0 aliphatic heterocycles. The first-order valence-electron chi connectivity index (χ1n) is 9.44. The van der Waals surface area contributed by atoms with Crippen LogP contribution >= 0.6 is 11.8 Å². The minimum atomic E-state index is -0.300. The van der Waals surface area contributed by atoms with Gasteiger partial charge in [0, 0.05) is 29.6 Å². The Morgan fingerprint density at radius 3 is 2.63 bits per heavy atom. The van der Waals surface area contributed by atoms with Gasteiger partial charge in [0.1, 0.15) is 11.6 Å². The van der Waals surface area contributed by atoms with E-state index >= 15 is 0 Å². The lowest BCUT2D eigenvalue weighted by Gasteiger charge is -2.08. The number of ketones is 1. The molecular formula is C22H21FN4O2S. The van der Waals surface area contributed by atoms with Crippen molar-refractivity contribution in [2.75, 3.05) is 5.75 Å². The fourth-order valence-corrected chi connectivity index (χ4v) is 4.18. The molecule has 0 aliphatic carbocycles. The van der Waals surface area contributed by atoms with Gasteiger partial charge in [-0.15, -0.1) is 10.2 Å². The number of carbonyl (C=O) groups is 1. The third kappa shape index (κ3) is 3.95. The van der Waals surface area contributed by atoms with Crippen LogP contribution in [0, 0.1) is 19.7 Å². The second-order valence-electron chi connectivity index (χ2n) is 7.03. The maximum atomic E-state index is 13.2. The van der Waals surface area contributed by atoms with Gasteiger partial charge in [0.15, 0.2) is 16.8 Å². The molecule has 6 nitrogen and oxygen atoms in total. The molecule has 0 saturated carbocycles. The third-order valence-corrected chi connectivity index (χ3v) is 6.06. The summed E-state index contributed by atoms with van der Waals surface area (Å²) in [4.78, 5) is 12.9. The van der Waals surface area contributed by atoms with Gasteiger partial charge in [-0.05, 0) is 56.3 Å². The first-order chi connectivity index (χ1) is 14.4. The Bertz CT molecular complexity index is 1180. The average Bonchev–Trinajstić information content (AvgIpc) is 3.44. The smallest absolute Gasteiger partial charge is 0.191 e. The molecule has 0 radical (unpaired) electrons. The number of furan rings is 1. The lowest BCUT2D eigenvalue weighted by atomic mass is 10.2. The van der Waals surface area contributed by atoms with Crippen LogP contribution in [-0.2, 0) is 13.6 Å². The summed E-state index contributed by atoms with van der Waals surface area (Å²) in [7, 11) is 1.83. The van der Waals surface area contributed by atoms with Crippen molar-refractivity contribution in [2.24, 2.45) is 7.05 Å². The van der Waals surface area contributed by atoms with E-state index in [0.717, 1.165) is 22.7 Å². The number of rotatable bonds is 7. The predicted octanol–water partition coefficient (Wildman–Crippen LogP) is 4.66. The Balaban J connectivity index is 1.47. The van der Waals surface area contributed by atoms with Crippen LogP contribution in [0.5, 0.6) is 0 Å². The average molecular weight is 425 g/mol. The van der Waals surface area contributed by atoms with Crippen molar-refractivity contribution in [1.29, 1.82) is 0 Å². The van der Waals surface area contributed by atoms with Crippen LogP contribution in [0.3, 0.4) is 0 Å². The van der Waals surface area contributed by atoms with Gasteiger partial charge in [-0.1, -0.05) is 11.8 Å². The lowest BCUT2D eigenvalue weighted by Crippen LogP contribution is -2.08. The number of Topliss-reactive ketones (excluding diaryl/α,β-unsaturated/α-hetero) is 1. The molecular weight excluding hydrogens is 403 g/mol. The summed E-state index contributed by atoms with van der Waals surface area (Å²) in [5.41, 5.74) is 3.40. The zero-order chi connectivity index (χ0) is 21.3. The van der Waals surface area contributed by atoms with Gasteiger partial charge in [-0.25, -0.2) is 4.39 Å². The Hall–Kier alpha value is -3.13. The Labute approximate surface area is 177 Å². The standard InChI is InChI=1S/C22H21FN4O2S/c1-14-11-19(15(2)27(14)12-18-5-4-10-29-18)20(28)13-30-22-25-24-21(26(22)3)16-6-8-17(23)9-7-16/h4-11H,12-13H2,1-3H3. The van der Waals surface area contributed by atoms with Crippen LogP contribution in [0.4, 0.5) is 4.39 Å². The van der Waals surface area contributed by atoms with Crippen molar-refractivity contribution in [1.82, 2.24) is 19.3 Å². The zero-order valence-electron chi connectivity index (χ0n) is 16.9. The fraction of sp³-hybridized carbons (Fsp3) is 0.227. The molecule has 0 atom stereocenters. The molecule has 8 heteroatoms. The molecule has 0 fully saturated rings. The number of hydrogen-bond acceptors (Lipinski definition) is 5. The van der Waals surface area contributed by atoms with Crippen LogP contribution < -0.4 is 0 Å². The predicted molar refractivity (Wildman–Crippen MR) is 113 cm³/mol. The Morgan fingerprint density at radius 1 is 1.17 bits per heavy atom. The van der Waals surface area contributed by atoms with E-state index in [9.17, 15) is 9.18 Å². The van der Waals surface area contributed by atoms with Crippen LogP contribution in [0.25, 0.3) is 11.4 Å². The first-order valence-corrected chi connectivity index (χ1v) is 10.4. The van der Waals surface area contributed by atoms with Gasteiger partial charge in [-0.2, -0.15) is 0 Å². The highest BCUT2D eigenvalue weighted by Gasteiger charge is 2.18. The number of thioether (sulfide) groups is 1. The zero-order valence-corrected chi connectivity index (χ0v) is 17.7. The second-order valence-corrected chi connectivity index (χ2v) is 7.98. The van der Waals surface area contributed by atoms with Gasteiger partial charge in [0.2, 0.25) is 0 Å². The van der Waals surface area contributed by atoms with E-state index in [1.165, 1.54) is 23.9 Å². The summed E-state index contributed by atoms with van der Waals surface area (Å²) in [6.07, 6.45) is 1.65. The summed E-state index contributed by atoms with van der Waals surface area (Å²) < 4.78 is 22.5. The van der Waals surface area contributed by atoms with Gasteiger partial charge >= 0.3 is 0 Å². The van der Waals surface area contributed by atoms with E-state index in [4.69, 9.17) is 4.42 Å². The second kappa shape index (κ2) is 8.31. The van der Waals surface area contributed by atoms with Gasteiger partial charge in [0.25, 0.3) is 0 Å². The van der Waals surface area contributed by atoms with Crippen molar-refractivity contribution < 1.29 is 13.6 Å². The molecule has 4 rings (SSSR count). The molecule has 0 aliphatic rings. The number of aryl methyl sites for hydroxylation is 1. The highest BCUT2D eigenvalue weighted by molar-refractivity contribution is 7.99. The number of halogens is 1. The van der Waals surface area contributed by atoms with E-state index in [1.807, 2.05) is 43.7 Å². The van der Waals surface area contributed by atoms with E-state index in [1.54, 1.807) is 18.4 Å².